The van der Waals surface area contributed by atoms with Crippen LogP contribution in [0.3, 0.4) is 0 Å². The molecule has 5 heterocycles. The first-order chi connectivity index (χ1) is 17.2. The van der Waals surface area contributed by atoms with Crippen LogP contribution in [0.2, 0.25) is 0 Å². The number of nitriles is 1. The molecule has 0 N–H and O–H groups in total. The lowest BCUT2D eigenvalue weighted by atomic mass is 10.1. The van der Waals surface area contributed by atoms with Crippen LogP contribution in [0.25, 0.3) is 16.9 Å². The third kappa shape index (κ3) is 4.27. The van der Waals surface area contributed by atoms with Crippen LogP contribution >= 0.6 is 0 Å². The highest BCUT2D eigenvalue weighted by molar-refractivity contribution is 6.01. The number of hydrogen-bond donors (Lipinski definition) is 0. The van der Waals surface area contributed by atoms with Crippen molar-refractivity contribution in [2.24, 2.45) is 0 Å². The number of ether oxygens (including phenoxy) is 1. The number of pyridine rings is 1. The zero-order valence-corrected chi connectivity index (χ0v) is 20.8. The van der Waals surface area contributed by atoms with Crippen LogP contribution in [0.1, 0.15) is 39.7 Å². The molecule has 2 atom stereocenters. The van der Waals surface area contributed by atoms with Crippen LogP contribution in [0.4, 0.5) is 20.7 Å². The highest BCUT2D eigenvalue weighted by Crippen LogP contribution is 2.39. The summed E-state index contributed by atoms with van der Waals surface area (Å²) in [5, 5.41) is 10.1. The molecule has 36 heavy (non-hydrogen) atoms. The van der Waals surface area contributed by atoms with Crippen molar-refractivity contribution in [3.05, 3.63) is 36.4 Å². The number of carbonyl (C=O) groups is 1. The maximum Gasteiger partial charge on any atom is 0.410 e. The Hall–Kier alpha value is -3.94. The molecule has 11 heteroatoms. The van der Waals surface area contributed by atoms with E-state index in [9.17, 15) is 10.1 Å². The number of hydrogen-bond acceptors (Lipinski definition) is 8. The molecule has 188 valence electrons. The van der Waals surface area contributed by atoms with Crippen LogP contribution in [0, 0.1) is 11.3 Å². The maximum absolute atomic E-state index is 15.7. The molecule has 0 radical (unpaired) electrons. The van der Waals surface area contributed by atoms with Gasteiger partial charge < -0.3 is 14.5 Å². The zero-order chi connectivity index (χ0) is 25.6. The number of carbonyl (C=O) groups excluding carboxylic acids is 1. The SMILES string of the molecule is CC1CN(c2ncnc3c2c(N2CCC2)cn3-c2cc(C#N)ccn2)[C@@H](F)CN1C(=O)OC(C)(C)C. The number of rotatable bonds is 3. The summed E-state index contributed by atoms with van der Waals surface area (Å²) in [5.41, 5.74) is 1.30. The molecule has 0 aromatic carbocycles. The second-order valence-electron chi connectivity index (χ2n) is 10.2. The number of aromatic nitrogens is 4. The summed E-state index contributed by atoms with van der Waals surface area (Å²) in [6.07, 6.45) is 3.99. The van der Waals surface area contributed by atoms with Crippen LogP contribution in [0.5, 0.6) is 0 Å². The Morgan fingerprint density at radius 1 is 1.22 bits per heavy atom. The lowest BCUT2D eigenvalue weighted by Crippen LogP contribution is -2.58. The van der Waals surface area contributed by atoms with E-state index in [-0.39, 0.29) is 19.1 Å². The van der Waals surface area contributed by atoms with E-state index in [1.807, 2.05) is 17.7 Å². The van der Waals surface area contributed by atoms with E-state index >= 15 is 4.39 Å². The van der Waals surface area contributed by atoms with Gasteiger partial charge in [-0.2, -0.15) is 5.26 Å². The van der Waals surface area contributed by atoms with Gasteiger partial charge in [-0.3, -0.25) is 9.47 Å². The van der Waals surface area contributed by atoms with Crippen molar-refractivity contribution in [2.45, 2.75) is 52.1 Å². The summed E-state index contributed by atoms with van der Waals surface area (Å²) < 4.78 is 23.0. The quantitative estimate of drug-likeness (QED) is 0.511. The molecule has 2 saturated heterocycles. The molecule has 0 saturated carbocycles. The van der Waals surface area contributed by atoms with E-state index in [1.54, 1.807) is 44.0 Å². The molecule has 3 aromatic rings. The normalized spacial score (nSPS) is 20.3. The van der Waals surface area contributed by atoms with Crippen LogP contribution < -0.4 is 9.80 Å². The molecular formula is C25H29FN8O2. The van der Waals surface area contributed by atoms with Gasteiger partial charge in [0.25, 0.3) is 0 Å². The minimum Gasteiger partial charge on any atom is -0.444 e. The lowest BCUT2D eigenvalue weighted by Gasteiger charge is -2.43. The number of nitrogens with zero attached hydrogens (tertiary/aromatic N) is 8. The van der Waals surface area contributed by atoms with E-state index in [0.29, 0.717) is 22.8 Å². The number of anilines is 2. The van der Waals surface area contributed by atoms with E-state index < -0.39 is 18.0 Å². The van der Waals surface area contributed by atoms with Gasteiger partial charge in [0, 0.05) is 32.0 Å². The van der Waals surface area contributed by atoms with Gasteiger partial charge in [0.15, 0.2) is 11.9 Å². The number of halogens is 1. The second-order valence-corrected chi connectivity index (χ2v) is 10.2. The molecule has 0 aliphatic carbocycles. The van der Waals surface area contributed by atoms with Gasteiger partial charge in [-0.05, 0) is 46.2 Å². The fourth-order valence-corrected chi connectivity index (χ4v) is 4.57. The molecule has 2 aliphatic heterocycles. The van der Waals surface area contributed by atoms with Gasteiger partial charge in [0.1, 0.15) is 23.6 Å². The smallest absolute Gasteiger partial charge is 0.410 e. The largest absolute Gasteiger partial charge is 0.444 e. The maximum atomic E-state index is 15.7. The van der Waals surface area contributed by atoms with Crippen molar-refractivity contribution in [2.75, 3.05) is 36.0 Å². The average molecular weight is 493 g/mol. The van der Waals surface area contributed by atoms with Crippen molar-refractivity contribution < 1.29 is 13.9 Å². The van der Waals surface area contributed by atoms with Crippen LogP contribution in [-0.4, -0.2) is 74.6 Å². The average Bonchev–Trinajstić information content (AvgIpc) is 3.17. The summed E-state index contributed by atoms with van der Waals surface area (Å²) in [5.74, 6) is 1.02. The van der Waals surface area contributed by atoms with Crippen molar-refractivity contribution >= 4 is 28.6 Å². The summed E-state index contributed by atoms with van der Waals surface area (Å²) in [7, 11) is 0. The zero-order valence-electron chi connectivity index (χ0n) is 20.8. The van der Waals surface area contributed by atoms with Gasteiger partial charge in [-0.1, -0.05) is 0 Å². The van der Waals surface area contributed by atoms with Gasteiger partial charge in [-0.25, -0.2) is 24.1 Å². The Bertz CT molecular complexity index is 1340. The first-order valence-corrected chi connectivity index (χ1v) is 12.0. The minimum absolute atomic E-state index is 0.132. The molecular weight excluding hydrogens is 463 g/mol. The van der Waals surface area contributed by atoms with E-state index in [2.05, 4.69) is 25.9 Å². The summed E-state index contributed by atoms with van der Waals surface area (Å²) in [4.78, 5) is 31.4. The fraction of sp³-hybridized carbons (Fsp3) is 0.480. The predicted octanol–water partition coefficient (Wildman–Crippen LogP) is 3.64. The lowest BCUT2D eigenvalue weighted by molar-refractivity contribution is 0.00566. The Labute approximate surface area is 208 Å². The second kappa shape index (κ2) is 8.93. The van der Waals surface area contributed by atoms with Crippen LogP contribution in [0.15, 0.2) is 30.9 Å². The number of piperazine rings is 1. The molecule has 2 fully saturated rings. The number of amides is 1. The highest BCUT2D eigenvalue weighted by atomic mass is 19.1. The van der Waals surface area contributed by atoms with Gasteiger partial charge in [0.2, 0.25) is 0 Å². The first-order valence-electron chi connectivity index (χ1n) is 12.0. The third-order valence-corrected chi connectivity index (χ3v) is 6.44. The van der Waals surface area contributed by atoms with Gasteiger partial charge in [0.05, 0.1) is 35.3 Å². The molecule has 10 nitrogen and oxygen atoms in total. The molecule has 0 spiro atoms. The molecule has 0 bridgehead atoms. The standard InChI is InChI=1S/C25H29FN8O2/c1-16-12-33(19(26)14-32(16)24(35)36-25(2,3)4)22-21-18(31-8-5-9-31)13-34(23(21)30-15-29-22)20-10-17(11-27)6-7-28-20/h6-7,10,13,15-16,19H,5,8-9,12,14H2,1-4H3/t16?,19-/m1/s1. The van der Waals surface area contributed by atoms with Crippen molar-refractivity contribution in [3.8, 4) is 11.9 Å². The van der Waals surface area contributed by atoms with Crippen molar-refractivity contribution in [1.82, 2.24) is 24.4 Å². The summed E-state index contributed by atoms with van der Waals surface area (Å²) in [6.45, 7) is 9.12. The minimum atomic E-state index is -1.47. The monoisotopic (exact) mass is 492 g/mol. The molecule has 1 unspecified atom stereocenters. The third-order valence-electron chi connectivity index (χ3n) is 6.44. The topological polar surface area (TPSA) is 103 Å². The van der Waals surface area contributed by atoms with E-state index in [1.165, 1.54) is 11.2 Å². The number of alkyl halides is 1. The Morgan fingerprint density at radius 2 is 2.00 bits per heavy atom. The Balaban J connectivity index is 1.55. The van der Waals surface area contributed by atoms with Gasteiger partial charge >= 0.3 is 6.09 Å². The predicted molar refractivity (Wildman–Crippen MR) is 133 cm³/mol. The first kappa shape index (κ1) is 23.8. The van der Waals surface area contributed by atoms with E-state index in [0.717, 1.165) is 30.6 Å². The molecule has 2 aliphatic rings. The summed E-state index contributed by atoms with van der Waals surface area (Å²) in [6, 6.07) is 5.19. The number of fused-ring (bicyclic) bond motifs is 1. The molecule has 5 rings (SSSR count). The van der Waals surface area contributed by atoms with E-state index in [4.69, 9.17) is 4.74 Å². The van der Waals surface area contributed by atoms with Crippen LogP contribution in [-0.2, 0) is 4.74 Å². The van der Waals surface area contributed by atoms with Gasteiger partial charge in [-0.15, -0.1) is 0 Å². The fourth-order valence-electron chi connectivity index (χ4n) is 4.57. The Morgan fingerprint density at radius 3 is 2.67 bits per heavy atom. The summed E-state index contributed by atoms with van der Waals surface area (Å²) >= 11 is 0. The van der Waals surface area contributed by atoms with Crippen molar-refractivity contribution in [1.29, 1.82) is 5.26 Å². The molecule has 3 aromatic heterocycles. The van der Waals surface area contributed by atoms with Crippen molar-refractivity contribution in [3.63, 3.8) is 0 Å². The Kier molecular flexibility index (Phi) is 5.90. The highest BCUT2D eigenvalue weighted by Gasteiger charge is 2.38. The molecule has 1 amide bonds.